The zero-order chi connectivity index (χ0) is 24.7. The number of rotatable bonds is 4. The van der Waals surface area contributed by atoms with Crippen LogP contribution in [0.1, 0.15) is 31.2 Å². The van der Waals surface area contributed by atoms with E-state index in [-0.39, 0.29) is 41.3 Å². The molecule has 0 aliphatic carbocycles. The molecule has 0 amide bonds. The van der Waals surface area contributed by atoms with Crippen LogP contribution in [0.15, 0.2) is 39.9 Å². The van der Waals surface area contributed by atoms with Gasteiger partial charge in [0.05, 0.1) is 18.8 Å². The third-order valence-corrected chi connectivity index (χ3v) is 6.64. The van der Waals surface area contributed by atoms with Crippen LogP contribution in [-0.4, -0.2) is 43.0 Å². The van der Waals surface area contributed by atoms with Gasteiger partial charge in [-0.1, -0.05) is 30.2 Å². The van der Waals surface area contributed by atoms with Crippen LogP contribution in [0.2, 0.25) is 0 Å². The SMILES string of the molecule is CC#CCn1c(N2CCCC(N)C2)nc2c(=O)n(C)n(Cc3nc(C)cc4ccccc34)c(=O)c21. The molecule has 0 bridgehead atoms. The summed E-state index contributed by atoms with van der Waals surface area (Å²) in [5.74, 6) is 6.51. The number of hydrogen-bond acceptors (Lipinski definition) is 6. The summed E-state index contributed by atoms with van der Waals surface area (Å²) in [5, 5.41) is 1.99. The smallest absolute Gasteiger partial charge is 0.293 e. The van der Waals surface area contributed by atoms with E-state index in [0.717, 1.165) is 41.5 Å². The van der Waals surface area contributed by atoms with E-state index in [4.69, 9.17) is 10.7 Å². The van der Waals surface area contributed by atoms with Crippen molar-refractivity contribution in [1.82, 2.24) is 23.9 Å². The van der Waals surface area contributed by atoms with Gasteiger partial charge in [-0.3, -0.25) is 19.1 Å². The second-order valence-corrected chi connectivity index (χ2v) is 9.09. The first-order valence-corrected chi connectivity index (χ1v) is 11.8. The summed E-state index contributed by atoms with van der Waals surface area (Å²) in [5.41, 5.74) is 7.59. The van der Waals surface area contributed by atoms with Gasteiger partial charge in [-0.15, -0.1) is 5.92 Å². The fourth-order valence-electron chi connectivity index (χ4n) is 4.93. The van der Waals surface area contributed by atoms with Gasteiger partial charge in [0.1, 0.15) is 5.52 Å². The van der Waals surface area contributed by atoms with Gasteiger partial charge in [0.15, 0.2) is 5.52 Å². The summed E-state index contributed by atoms with van der Waals surface area (Å²) in [6, 6.07) is 9.96. The van der Waals surface area contributed by atoms with Crippen molar-refractivity contribution in [3.05, 3.63) is 62.4 Å². The number of aromatic nitrogens is 5. The van der Waals surface area contributed by atoms with Crippen molar-refractivity contribution in [2.75, 3.05) is 18.0 Å². The maximum atomic E-state index is 13.9. The Bertz CT molecular complexity index is 1620. The normalized spacial score (nSPS) is 16.0. The molecule has 2 N–H and O–H groups in total. The average molecular weight is 472 g/mol. The van der Waals surface area contributed by atoms with Crippen molar-refractivity contribution in [1.29, 1.82) is 0 Å². The lowest BCUT2D eigenvalue weighted by Gasteiger charge is -2.31. The Morgan fingerprint density at radius 1 is 1.17 bits per heavy atom. The molecule has 1 aromatic carbocycles. The van der Waals surface area contributed by atoms with Gasteiger partial charge in [0.2, 0.25) is 5.95 Å². The molecule has 0 radical (unpaired) electrons. The first-order chi connectivity index (χ1) is 16.9. The number of nitrogens with two attached hydrogens (primary N) is 1. The lowest BCUT2D eigenvalue weighted by atomic mass is 10.1. The number of fused-ring (bicyclic) bond motifs is 2. The molecule has 1 saturated heterocycles. The highest BCUT2D eigenvalue weighted by molar-refractivity contribution is 5.85. The van der Waals surface area contributed by atoms with Gasteiger partial charge in [-0.2, -0.15) is 0 Å². The van der Waals surface area contributed by atoms with E-state index in [1.54, 1.807) is 18.5 Å². The Kier molecular flexibility index (Phi) is 5.91. The van der Waals surface area contributed by atoms with Gasteiger partial charge in [0.25, 0.3) is 11.1 Å². The van der Waals surface area contributed by atoms with Crippen molar-refractivity contribution in [2.24, 2.45) is 12.8 Å². The Morgan fingerprint density at radius 3 is 2.74 bits per heavy atom. The van der Waals surface area contributed by atoms with Crippen LogP contribution in [0.4, 0.5) is 5.95 Å². The quantitative estimate of drug-likeness (QED) is 0.455. The van der Waals surface area contributed by atoms with Crippen molar-refractivity contribution in [3.8, 4) is 11.8 Å². The predicted octanol–water partition coefficient (Wildman–Crippen LogP) is 1.75. The molecule has 1 aliphatic heterocycles. The van der Waals surface area contributed by atoms with Crippen molar-refractivity contribution >= 4 is 27.8 Å². The minimum absolute atomic E-state index is 0.0226. The monoisotopic (exact) mass is 471 g/mol. The summed E-state index contributed by atoms with van der Waals surface area (Å²) in [4.78, 5) is 38.8. The maximum Gasteiger partial charge on any atom is 0.293 e. The lowest BCUT2D eigenvalue weighted by molar-refractivity contribution is 0.494. The molecule has 4 heterocycles. The van der Waals surface area contributed by atoms with Crippen LogP contribution in [-0.2, 0) is 20.1 Å². The highest BCUT2D eigenvalue weighted by Gasteiger charge is 2.26. The number of aryl methyl sites for hydroxylation is 1. The molecule has 9 heteroatoms. The summed E-state index contributed by atoms with van der Waals surface area (Å²) in [6.07, 6.45) is 1.87. The highest BCUT2D eigenvalue weighted by atomic mass is 16.2. The van der Waals surface area contributed by atoms with Crippen molar-refractivity contribution in [3.63, 3.8) is 0 Å². The fraction of sp³-hybridized carbons (Fsp3) is 0.385. The van der Waals surface area contributed by atoms with Gasteiger partial charge >= 0.3 is 0 Å². The van der Waals surface area contributed by atoms with E-state index in [2.05, 4.69) is 21.7 Å². The summed E-state index contributed by atoms with van der Waals surface area (Å²) < 4.78 is 4.56. The van der Waals surface area contributed by atoms with Gasteiger partial charge in [-0.25, -0.2) is 14.3 Å². The molecule has 1 aliphatic rings. The molecular weight excluding hydrogens is 442 g/mol. The van der Waals surface area contributed by atoms with E-state index in [1.165, 1.54) is 9.36 Å². The minimum atomic E-state index is -0.331. The van der Waals surface area contributed by atoms with E-state index in [9.17, 15) is 9.59 Å². The molecule has 35 heavy (non-hydrogen) atoms. The van der Waals surface area contributed by atoms with Gasteiger partial charge in [-0.05, 0) is 38.1 Å². The molecule has 4 aromatic rings. The molecule has 0 saturated carbocycles. The standard InChI is InChI=1S/C26H29N7O2/c1-4-5-13-32-23-22(29-26(32)31-12-8-10-19(27)15-31)24(34)30(3)33(25(23)35)16-21-20-11-7-6-9-18(20)14-17(2)28-21/h6-7,9,11,14,19H,8,10,12-13,15-16,27H2,1-3H3. The van der Waals surface area contributed by atoms with Gasteiger partial charge in [0, 0.05) is 37.3 Å². The molecule has 3 aromatic heterocycles. The Labute approximate surface area is 202 Å². The van der Waals surface area contributed by atoms with Crippen LogP contribution in [0.3, 0.4) is 0 Å². The number of piperidine rings is 1. The van der Waals surface area contributed by atoms with Crippen LogP contribution in [0.25, 0.3) is 21.8 Å². The van der Waals surface area contributed by atoms with Gasteiger partial charge < -0.3 is 10.6 Å². The molecule has 9 nitrogen and oxygen atoms in total. The van der Waals surface area contributed by atoms with Crippen molar-refractivity contribution in [2.45, 2.75) is 45.8 Å². The fourth-order valence-corrected chi connectivity index (χ4v) is 4.93. The van der Waals surface area contributed by atoms with E-state index < -0.39 is 0 Å². The third kappa shape index (κ3) is 4.00. The Balaban J connectivity index is 1.73. The first kappa shape index (κ1) is 22.9. The molecule has 1 fully saturated rings. The number of benzene rings is 1. The summed E-state index contributed by atoms with van der Waals surface area (Å²) in [6.45, 7) is 5.50. The molecule has 180 valence electrons. The molecule has 5 rings (SSSR count). The summed E-state index contributed by atoms with van der Waals surface area (Å²) in [7, 11) is 1.60. The molecule has 0 spiro atoms. The maximum absolute atomic E-state index is 13.9. The zero-order valence-electron chi connectivity index (χ0n) is 20.3. The Hall–Kier alpha value is -3.90. The number of anilines is 1. The molecule has 1 atom stereocenters. The summed E-state index contributed by atoms with van der Waals surface area (Å²) >= 11 is 0. The van der Waals surface area contributed by atoms with E-state index in [0.29, 0.717) is 12.5 Å². The number of nitrogens with zero attached hydrogens (tertiary/aromatic N) is 6. The lowest BCUT2D eigenvalue weighted by Crippen LogP contribution is -2.44. The minimum Gasteiger partial charge on any atom is -0.341 e. The largest absolute Gasteiger partial charge is 0.341 e. The van der Waals surface area contributed by atoms with Crippen molar-refractivity contribution < 1.29 is 0 Å². The highest BCUT2D eigenvalue weighted by Crippen LogP contribution is 2.23. The average Bonchev–Trinajstić information content (AvgIpc) is 3.23. The second kappa shape index (κ2) is 9.04. The van der Waals surface area contributed by atoms with E-state index in [1.807, 2.05) is 37.3 Å². The number of imidazole rings is 1. The Morgan fingerprint density at radius 2 is 1.97 bits per heavy atom. The van der Waals surface area contributed by atoms with Crippen LogP contribution >= 0.6 is 0 Å². The van der Waals surface area contributed by atoms with Crippen LogP contribution < -0.4 is 21.8 Å². The molecular formula is C26H29N7O2. The van der Waals surface area contributed by atoms with E-state index >= 15 is 0 Å². The number of pyridine rings is 1. The first-order valence-electron chi connectivity index (χ1n) is 11.8. The van der Waals surface area contributed by atoms with Crippen LogP contribution in [0, 0.1) is 18.8 Å². The number of hydrogen-bond donors (Lipinski definition) is 1. The molecule has 1 unspecified atom stereocenters. The topological polar surface area (TPSA) is 104 Å². The van der Waals surface area contributed by atoms with Crippen LogP contribution in [0.5, 0.6) is 0 Å². The predicted molar refractivity (Wildman–Crippen MR) is 138 cm³/mol. The third-order valence-electron chi connectivity index (χ3n) is 6.64. The zero-order valence-corrected chi connectivity index (χ0v) is 20.3. The second-order valence-electron chi connectivity index (χ2n) is 9.09.